The van der Waals surface area contributed by atoms with Gasteiger partial charge >= 0.3 is 0 Å². The van der Waals surface area contributed by atoms with E-state index in [0.29, 0.717) is 43.0 Å². The zero-order chi connectivity index (χ0) is 17.8. The van der Waals surface area contributed by atoms with Crippen LogP contribution in [0.4, 0.5) is 5.69 Å². The molecule has 0 radical (unpaired) electrons. The van der Waals surface area contributed by atoms with Crippen molar-refractivity contribution in [3.05, 3.63) is 65.2 Å². The van der Waals surface area contributed by atoms with E-state index in [9.17, 15) is 9.59 Å². The van der Waals surface area contributed by atoms with Crippen LogP contribution in [0.2, 0.25) is 0 Å². The highest BCUT2D eigenvalue weighted by atomic mass is 16.2. The molecule has 2 N–H and O–H groups in total. The number of hydrogen-bond acceptors (Lipinski definition) is 3. The number of amides is 2. The summed E-state index contributed by atoms with van der Waals surface area (Å²) in [7, 11) is 0. The van der Waals surface area contributed by atoms with Crippen LogP contribution in [-0.2, 0) is 6.42 Å². The Hall–Kier alpha value is -2.82. The van der Waals surface area contributed by atoms with Crippen molar-refractivity contribution in [2.24, 2.45) is 0 Å². The number of benzene rings is 2. The van der Waals surface area contributed by atoms with Crippen molar-refractivity contribution in [1.29, 1.82) is 0 Å². The summed E-state index contributed by atoms with van der Waals surface area (Å²) in [6, 6.07) is 14.8. The van der Waals surface area contributed by atoms with Gasteiger partial charge in [0.2, 0.25) is 0 Å². The normalized spacial score (nSPS) is 14.4. The molecule has 2 amide bonds. The van der Waals surface area contributed by atoms with Crippen molar-refractivity contribution in [2.45, 2.75) is 13.3 Å². The van der Waals surface area contributed by atoms with Crippen LogP contribution in [0.5, 0.6) is 0 Å². The van der Waals surface area contributed by atoms with Gasteiger partial charge in [0, 0.05) is 37.4 Å². The molecule has 2 aromatic rings. The predicted molar refractivity (Wildman–Crippen MR) is 98.5 cm³/mol. The number of rotatable bonds is 3. The standard InChI is InChI=1S/C20H23N3O2/c1-2-15-7-9-16(10-8-15)19(24)22-11-13-23(14-12-22)20(25)17-5-3-4-6-18(17)21/h3-10H,2,11-14,21H2,1H3. The number of para-hydroxylation sites is 1. The maximum absolute atomic E-state index is 12.6. The second-order valence-corrected chi connectivity index (χ2v) is 6.22. The van der Waals surface area contributed by atoms with Crippen LogP contribution in [0.3, 0.4) is 0 Å². The number of aryl methyl sites for hydroxylation is 1. The lowest BCUT2D eigenvalue weighted by Crippen LogP contribution is -2.50. The molecule has 0 saturated carbocycles. The maximum Gasteiger partial charge on any atom is 0.256 e. The van der Waals surface area contributed by atoms with E-state index < -0.39 is 0 Å². The average molecular weight is 337 g/mol. The van der Waals surface area contributed by atoms with Gasteiger partial charge in [0.05, 0.1) is 5.56 Å². The van der Waals surface area contributed by atoms with Crippen LogP contribution in [-0.4, -0.2) is 47.8 Å². The summed E-state index contributed by atoms with van der Waals surface area (Å²) in [5, 5.41) is 0. The Morgan fingerprint density at radius 3 is 2.00 bits per heavy atom. The van der Waals surface area contributed by atoms with Crippen LogP contribution in [0, 0.1) is 0 Å². The molecule has 1 aliphatic rings. The summed E-state index contributed by atoms with van der Waals surface area (Å²) in [6.07, 6.45) is 0.956. The number of carbonyl (C=O) groups excluding carboxylic acids is 2. The average Bonchev–Trinajstić information content (AvgIpc) is 2.67. The van der Waals surface area contributed by atoms with E-state index in [1.807, 2.05) is 36.4 Å². The first-order chi connectivity index (χ1) is 12.1. The summed E-state index contributed by atoms with van der Waals surface area (Å²) in [4.78, 5) is 28.7. The number of carbonyl (C=O) groups is 2. The van der Waals surface area contributed by atoms with Gasteiger partial charge in [-0.15, -0.1) is 0 Å². The Morgan fingerprint density at radius 2 is 1.44 bits per heavy atom. The molecule has 0 unspecified atom stereocenters. The summed E-state index contributed by atoms with van der Waals surface area (Å²) in [5.74, 6) is -0.0496. The van der Waals surface area contributed by atoms with Gasteiger partial charge < -0.3 is 15.5 Å². The molecule has 0 spiro atoms. The molecule has 0 aromatic heterocycles. The van der Waals surface area contributed by atoms with Crippen molar-refractivity contribution >= 4 is 17.5 Å². The molecule has 0 aliphatic carbocycles. The van der Waals surface area contributed by atoms with Crippen LogP contribution in [0.25, 0.3) is 0 Å². The molecule has 0 bridgehead atoms. The van der Waals surface area contributed by atoms with E-state index in [1.165, 1.54) is 5.56 Å². The van der Waals surface area contributed by atoms with E-state index in [1.54, 1.807) is 21.9 Å². The summed E-state index contributed by atoms with van der Waals surface area (Å²) >= 11 is 0. The lowest BCUT2D eigenvalue weighted by molar-refractivity contribution is 0.0536. The first kappa shape index (κ1) is 17.0. The summed E-state index contributed by atoms with van der Waals surface area (Å²) in [6.45, 7) is 4.20. The Bertz CT molecular complexity index is 763. The van der Waals surface area contributed by atoms with E-state index in [-0.39, 0.29) is 11.8 Å². The minimum absolute atomic E-state index is 0.0222. The Morgan fingerprint density at radius 1 is 0.880 bits per heavy atom. The van der Waals surface area contributed by atoms with Crippen molar-refractivity contribution < 1.29 is 9.59 Å². The monoisotopic (exact) mass is 337 g/mol. The van der Waals surface area contributed by atoms with Crippen LogP contribution < -0.4 is 5.73 Å². The van der Waals surface area contributed by atoms with E-state index in [4.69, 9.17) is 5.73 Å². The molecule has 5 heteroatoms. The molecular formula is C20H23N3O2. The van der Waals surface area contributed by atoms with Gasteiger partial charge in [-0.2, -0.15) is 0 Å². The van der Waals surface area contributed by atoms with Crippen molar-refractivity contribution in [1.82, 2.24) is 9.80 Å². The second-order valence-electron chi connectivity index (χ2n) is 6.22. The lowest BCUT2D eigenvalue weighted by Gasteiger charge is -2.35. The van der Waals surface area contributed by atoms with Gasteiger partial charge in [-0.3, -0.25) is 9.59 Å². The minimum atomic E-state index is -0.0718. The molecule has 1 fully saturated rings. The largest absolute Gasteiger partial charge is 0.398 e. The highest BCUT2D eigenvalue weighted by Gasteiger charge is 2.26. The molecule has 2 aromatic carbocycles. The zero-order valence-corrected chi connectivity index (χ0v) is 14.4. The molecule has 5 nitrogen and oxygen atoms in total. The molecule has 25 heavy (non-hydrogen) atoms. The van der Waals surface area contributed by atoms with E-state index in [2.05, 4.69) is 6.92 Å². The molecule has 3 rings (SSSR count). The van der Waals surface area contributed by atoms with E-state index >= 15 is 0 Å². The van der Waals surface area contributed by atoms with Gasteiger partial charge in [0.15, 0.2) is 0 Å². The highest BCUT2D eigenvalue weighted by Crippen LogP contribution is 2.16. The fourth-order valence-electron chi connectivity index (χ4n) is 3.04. The number of piperazine rings is 1. The van der Waals surface area contributed by atoms with Crippen molar-refractivity contribution in [3.8, 4) is 0 Å². The number of anilines is 1. The van der Waals surface area contributed by atoms with Crippen LogP contribution in [0.1, 0.15) is 33.2 Å². The van der Waals surface area contributed by atoms with Gasteiger partial charge in [-0.25, -0.2) is 0 Å². The Kier molecular flexibility index (Phi) is 5.03. The number of nitrogens with two attached hydrogens (primary N) is 1. The summed E-state index contributed by atoms with van der Waals surface area (Å²) in [5.41, 5.74) is 8.82. The third kappa shape index (κ3) is 3.65. The highest BCUT2D eigenvalue weighted by molar-refractivity contribution is 5.99. The fraction of sp³-hybridized carbons (Fsp3) is 0.300. The first-order valence-corrected chi connectivity index (χ1v) is 8.62. The van der Waals surface area contributed by atoms with Gasteiger partial charge in [-0.05, 0) is 36.2 Å². The van der Waals surface area contributed by atoms with Crippen LogP contribution >= 0.6 is 0 Å². The van der Waals surface area contributed by atoms with Crippen molar-refractivity contribution in [2.75, 3.05) is 31.9 Å². The van der Waals surface area contributed by atoms with Crippen molar-refractivity contribution in [3.63, 3.8) is 0 Å². The van der Waals surface area contributed by atoms with Gasteiger partial charge in [0.1, 0.15) is 0 Å². The topological polar surface area (TPSA) is 66.6 Å². The number of hydrogen-bond donors (Lipinski definition) is 1. The lowest BCUT2D eigenvalue weighted by atomic mass is 10.1. The molecule has 1 heterocycles. The first-order valence-electron chi connectivity index (χ1n) is 8.62. The molecule has 0 atom stereocenters. The fourth-order valence-corrected chi connectivity index (χ4v) is 3.04. The number of nitrogen functional groups attached to an aromatic ring is 1. The van der Waals surface area contributed by atoms with E-state index in [0.717, 1.165) is 6.42 Å². The molecule has 1 saturated heterocycles. The molecule has 130 valence electrons. The quantitative estimate of drug-likeness (QED) is 0.875. The zero-order valence-electron chi connectivity index (χ0n) is 14.4. The van der Waals surface area contributed by atoms with Gasteiger partial charge in [0.25, 0.3) is 11.8 Å². The van der Waals surface area contributed by atoms with Crippen LogP contribution in [0.15, 0.2) is 48.5 Å². The molecular weight excluding hydrogens is 314 g/mol. The molecule has 1 aliphatic heterocycles. The third-order valence-electron chi connectivity index (χ3n) is 4.65. The maximum atomic E-state index is 12.6. The summed E-state index contributed by atoms with van der Waals surface area (Å²) < 4.78 is 0. The predicted octanol–water partition coefficient (Wildman–Crippen LogP) is 2.43. The SMILES string of the molecule is CCc1ccc(C(=O)N2CCN(C(=O)c3ccccc3N)CC2)cc1. The van der Waals surface area contributed by atoms with Gasteiger partial charge in [-0.1, -0.05) is 31.2 Å². The Balaban J connectivity index is 1.62. The minimum Gasteiger partial charge on any atom is -0.398 e. The Labute approximate surface area is 148 Å². The smallest absolute Gasteiger partial charge is 0.256 e. The third-order valence-corrected chi connectivity index (χ3v) is 4.65. The second kappa shape index (κ2) is 7.38. The number of nitrogens with zero attached hydrogens (tertiary/aromatic N) is 2.